The average molecular weight is 230 g/mol. The van der Waals surface area contributed by atoms with E-state index in [1.807, 2.05) is 7.05 Å². The van der Waals surface area contributed by atoms with Crippen molar-refractivity contribution in [2.45, 2.75) is 18.9 Å². The normalized spacial score (nSPS) is 22.2. The van der Waals surface area contributed by atoms with Gasteiger partial charge in [0.15, 0.2) is 11.0 Å². The van der Waals surface area contributed by atoms with Crippen LogP contribution in [0.1, 0.15) is 24.4 Å². The van der Waals surface area contributed by atoms with E-state index in [2.05, 4.69) is 15.4 Å². The van der Waals surface area contributed by atoms with Crippen LogP contribution in [0.4, 0.5) is 4.39 Å². The first-order valence-corrected chi connectivity index (χ1v) is 5.35. The van der Waals surface area contributed by atoms with Gasteiger partial charge >= 0.3 is 0 Å². The standard InChI is InChI=1S/C10H13ClFN3/c1-13-15-4-2-3-9(15)7-5-8(12)10(11)14-6-7/h5-6,9,13H,2-4H2,1H3. The van der Waals surface area contributed by atoms with E-state index in [-0.39, 0.29) is 11.2 Å². The molecule has 1 N–H and O–H groups in total. The molecule has 0 bridgehead atoms. The molecule has 1 fully saturated rings. The Bertz CT molecular complexity index is 359. The molecular formula is C10H13ClFN3. The van der Waals surface area contributed by atoms with Crippen molar-refractivity contribution in [2.75, 3.05) is 13.6 Å². The van der Waals surface area contributed by atoms with Gasteiger partial charge in [0.1, 0.15) is 0 Å². The molecule has 15 heavy (non-hydrogen) atoms. The highest BCUT2D eigenvalue weighted by Crippen LogP contribution is 2.30. The molecule has 1 aliphatic heterocycles. The lowest BCUT2D eigenvalue weighted by Crippen LogP contribution is -2.34. The SMILES string of the molecule is CNN1CCCC1c1cnc(Cl)c(F)c1. The number of nitrogens with one attached hydrogen (secondary N) is 1. The van der Waals surface area contributed by atoms with Crippen LogP contribution in [0.15, 0.2) is 12.3 Å². The van der Waals surface area contributed by atoms with Crippen LogP contribution in [0.25, 0.3) is 0 Å². The lowest BCUT2D eigenvalue weighted by molar-refractivity contribution is 0.190. The molecule has 1 aromatic rings. The van der Waals surface area contributed by atoms with Gasteiger partial charge in [0, 0.05) is 12.7 Å². The van der Waals surface area contributed by atoms with Crippen molar-refractivity contribution in [3.63, 3.8) is 0 Å². The highest BCUT2D eigenvalue weighted by atomic mass is 35.5. The van der Waals surface area contributed by atoms with Gasteiger partial charge in [-0.1, -0.05) is 11.6 Å². The highest BCUT2D eigenvalue weighted by Gasteiger charge is 2.25. The first-order valence-electron chi connectivity index (χ1n) is 4.97. The van der Waals surface area contributed by atoms with Gasteiger partial charge in [0.05, 0.1) is 6.04 Å². The molecule has 0 aromatic carbocycles. The smallest absolute Gasteiger partial charge is 0.164 e. The van der Waals surface area contributed by atoms with Gasteiger partial charge in [-0.3, -0.25) is 5.43 Å². The molecule has 0 saturated carbocycles. The maximum atomic E-state index is 13.2. The minimum absolute atomic E-state index is 0.0623. The Kier molecular flexibility index (Phi) is 3.19. The third-order valence-electron chi connectivity index (χ3n) is 2.74. The fourth-order valence-corrected chi connectivity index (χ4v) is 2.10. The topological polar surface area (TPSA) is 28.2 Å². The summed E-state index contributed by atoms with van der Waals surface area (Å²) in [6, 6.07) is 1.67. The number of pyridine rings is 1. The molecule has 2 heterocycles. The van der Waals surface area contributed by atoms with Gasteiger partial charge in [0.25, 0.3) is 0 Å². The number of aromatic nitrogens is 1. The van der Waals surface area contributed by atoms with Gasteiger partial charge < -0.3 is 0 Å². The van der Waals surface area contributed by atoms with E-state index in [4.69, 9.17) is 11.6 Å². The maximum absolute atomic E-state index is 13.2. The molecule has 1 unspecified atom stereocenters. The van der Waals surface area contributed by atoms with Crippen LogP contribution < -0.4 is 5.43 Å². The summed E-state index contributed by atoms with van der Waals surface area (Å²) >= 11 is 5.54. The van der Waals surface area contributed by atoms with E-state index in [9.17, 15) is 4.39 Å². The van der Waals surface area contributed by atoms with Crippen LogP contribution in [0.5, 0.6) is 0 Å². The Labute approximate surface area is 93.2 Å². The minimum Gasteiger partial charge on any atom is -0.258 e. The van der Waals surface area contributed by atoms with Crippen LogP contribution >= 0.6 is 11.6 Å². The predicted molar refractivity (Wildman–Crippen MR) is 56.9 cm³/mol. The van der Waals surface area contributed by atoms with Crippen molar-refractivity contribution < 1.29 is 4.39 Å². The van der Waals surface area contributed by atoms with Gasteiger partial charge in [-0.25, -0.2) is 14.4 Å². The van der Waals surface area contributed by atoms with Crippen molar-refractivity contribution in [1.29, 1.82) is 0 Å². The Balaban J connectivity index is 2.25. The van der Waals surface area contributed by atoms with Gasteiger partial charge in [-0.05, 0) is 31.5 Å². The monoisotopic (exact) mass is 229 g/mol. The van der Waals surface area contributed by atoms with Gasteiger partial charge in [0.2, 0.25) is 0 Å². The lowest BCUT2D eigenvalue weighted by Gasteiger charge is -2.23. The Morgan fingerprint density at radius 3 is 3.13 bits per heavy atom. The second-order valence-corrected chi connectivity index (χ2v) is 3.97. The summed E-state index contributed by atoms with van der Waals surface area (Å²) in [5, 5.41) is 2.03. The second kappa shape index (κ2) is 4.43. The van der Waals surface area contributed by atoms with Crippen LogP contribution in [0.2, 0.25) is 5.15 Å². The van der Waals surface area contributed by atoms with Crippen LogP contribution in [-0.4, -0.2) is 23.6 Å². The number of hydrogen-bond donors (Lipinski definition) is 1. The number of hydrogen-bond acceptors (Lipinski definition) is 3. The predicted octanol–water partition coefficient (Wildman–Crippen LogP) is 2.15. The molecule has 1 aliphatic rings. The molecule has 0 radical (unpaired) electrons. The molecule has 0 amide bonds. The third kappa shape index (κ3) is 2.12. The number of nitrogens with zero attached hydrogens (tertiary/aromatic N) is 2. The van der Waals surface area contributed by atoms with Crippen molar-refractivity contribution in [1.82, 2.24) is 15.4 Å². The lowest BCUT2D eigenvalue weighted by atomic mass is 10.1. The fraction of sp³-hybridized carbons (Fsp3) is 0.500. The summed E-state index contributed by atoms with van der Waals surface area (Å²) in [6.07, 6.45) is 3.77. The Morgan fingerprint density at radius 1 is 1.67 bits per heavy atom. The molecule has 2 rings (SSSR count). The summed E-state index contributed by atoms with van der Waals surface area (Å²) in [4.78, 5) is 3.83. The van der Waals surface area contributed by atoms with Crippen LogP contribution in [0.3, 0.4) is 0 Å². The van der Waals surface area contributed by atoms with Crippen molar-refractivity contribution in [3.8, 4) is 0 Å². The molecule has 1 atom stereocenters. The first kappa shape index (κ1) is 10.8. The zero-order valence-corrected chi connectivity index (χ0v) is 9.26. The van der Waals surface area contributed by atoms with E-state index in [0.29, 0.717) is 0 Å². The molecule has 82 valence electrons. The Morgan fingerprint density at radius 2 is 2.47 bits per heavy atom. The van der Waals surface area contributed by atoms with E-state index in [1.165, 1.54) is 6.07 Å². The zero-order valence-electron chi connectivity index (χ0n) is 8.50. The quantitative estimate of drug-likeness (QED) is 0.788. The molecule has 1 aromatic heterocycles. The first-order chi connectivity index (χ1) is 7.22. The maximum Gasteiger partial charge on any atom is 0.164 e. The second-order valence-electron chi connectivity index (χ2n) is 3.62. The van der Waals surface area contributed by atoms with E-state index in [0.717, 1.165) is 24.9 Å². The van der Waals surface area contributed by atoms with E-state index in [1.54, 1.807) is 6.20 Å². The van der Waals surface area contributed by atoms with Crippen LogP contribution in [0, 0.1) is 5.82 Å². The van der Waals surface area contributed by atoms with Gasteiger partial charge in [-0.15, -0.1) is 0 Å². The number of hydrazine groups is 1. The molecular weight excluding hydrogens is 217 g/mol. The van der Waals surface area contributed by atoms with Crippen molar-refractivity contribution in [3.05, 3.63) is 28.8 Å². The fourth-order valence-electron chi connectivity index (χ4n) is 2.00. The number of halogens is 2. The number of rotatable bonds is 2. The summed E-state index contributed by atoms with van der Waals surface area (Å²) in [6.45, 7) is 0.978. The van der Waals surface area contributed by atoms with E-state index < -0.39 is 5.82 Å². The van der Waals surface area contributed by atoms with Crippen molar-refractivity contribution in [2.24, 2.45) is 0 Å². The van der Waals surface area contributed by atoms with Gasteiger partial charge in [-0.2, -0.15) is 0 Å². The van der Waals surface area contributed by atoms with Crippen molar-refractivity contribution >= 4 is 11.6 Å². The van der Waals surface area contributed by atoms with E-state index >= 15 is 0 Å². The third-order valence-corrected chi connectivity index (χ3v) is 3.02. The summed E-state index contributed by atoms with van der Waals surface area (Å²) in [5.41, 5.74) is 3.98. The molecule has 0 aliphatic carbocycles. The molecule has 3 nitrogen and oxygen atoms in total. The molecule has 1 saturated heterocycles. The zero-order chi connectivity index (χ0) is 10.8. The average Bonchev–Trinajstić information content (AvgIpc) is 2.70. The summed E-state index contributed by atoms with van der Waals surface area (Å²) < 4.78 is 13.2. The minimum atomic E-state index is -0.447. The molecule has 0 spiro atoms. The van der Waals surface area contributed by atoms with Crippen LogP contribution in [-0.2, 0) is 0 Å². The Hall–Kier alpha value is -0.710. The largest absolute Gasteiger partial charge is 0.258 e. The summed E-state index contributed by atoms with van der Waals surface area (Å²) in [7, 11) is 1.87. The highest BCUT2D eigenvalue weighted by molar-refractivity contribution is 6.29. The summed E-state index contributed by atoms with van der Waals surface area (Å²) in [5.74, 6) is -0.447. The molecule has 5 heteroatoms.